The van der Waals surface area contributed by atoms with Gasteiger partial charge in [0.15, 0.2) is 0 Å². The summed E-state index contributed by atoms with van der Waals surface area (Å²) >= 11 is 0. The number of carbonyl (C=O) groups excluding carboxylic acids is 1. The first-order valence-electron chi connectivity index (χ1n) is 6.20. The Morgan fingerprint density at radius 3 is 2.75 bits per heavy atom. The molecule has 2 N–H and O–H groups in total. The molecule has 0 unspecified atom stereocenters. The minimum atomic E-state index is -1.18. The summed E-state index contributed by atoms with van der Waals surface area (Å²) in [6.45, 7) is 2.02. The number of benzene rings is 1. The summed E-state index contributed by atoms with van der Waals surface area (Å²) in [5, 5.41) is 11.7. The summed E-state index contributed by atoms with van der Waals surface area (Å²) in [5.41, 5.74) is 1.50. The third-order valence-electron chi connectivity index (χ3n) is 2.85. The maximum Gasteiger partial charge on any atom is 0.338 e. The number of hydrogen-bond donors (Lipinski definition) is 2. The third-order valence-corrected chi connectivity index (χ3v) is 2.85. The van der Waals surface area contributed by atoms with Gasteiger partial charge in [0.25, 0.3) is 5.91 Å². The van der Waals surface area contributed by atoms with E-state index >= 15 is 0 Å². The zero-order chi connectivity index (χ0) is 14.5. The average Bonchev–Trinajstić information content (AvgIpc) is 2.47. The highest BCUT2D eigenvalue weighted by Crippen LogP contribution is 2.13. The maximum atomic E-state index is 12.1. The van der Waals surface area contributed by atoms with Gasteiger partial charge in [0.2, 0.25) is 0 Å². The quantitative estimate of drug-likeness (QED) is 0.895. The molecule has 1 heterocycles. The smallest absolute Gasteiger partial charge is 0.338 e. The van der Waals surface area contributed by atoms with Gasteiger partial charge in [0, 0.05) is 11.9 Å². The van der Waals surface area contributed by atoms with Crippen LogP contribution in [0.2, 0.25) is 0 Å². The van der Waals surface area contributed by atoms with Gasteiger partial charge in [-0.1, -0.05) is 19.1 Å². The fraction of sp³-hybridized carbons (Fsp3) is 0.133. The fourth-order valence-corrected chi connectivity index (χ4v) is 1.82. The van der Waals surface area contributed by atoms with Crippen LogP contribution in [0.25, 0.3) is 0 Å². The number of anilines is 1. The van der Waals surface area contributed by atoms with E-state index in [0.29, 0.717) is 5.69 Å². The molecule has 102 valence electrons. The Morgan fingerprint density at radius 2 is 2.05 bits per heavy atom. The first kappa shape index (κ1) is 13.7. The molecule has 1 amide bonds. The van der Waals surface area contributed by atoms with Crippen molar-refractivity contribution >= 4 is 17.6 Å². The Bertz CT molecular complexity index is 653. The van der Waals surface area contributed by atoms with Crippen LogP contribution in [0.5, 0.6) is 0 Å². The van der Waals surface area contributed by atoms with E-state index in [0.717, 1.165) is 12.0 Å². The summed E-state index contributed by atoms with van der Waals surface area (Å²) in [6, 6.07) is 10.2. The monoisotopic (exact) mass is 270 g/mol. The van der Waals surface area contributed by atoms with E-state index in [-0.39, 0.29) is 11.3 Å². The number of nitrogens with zero attached hydrogens (tertiary/aromatic N) is 1. The molecule has 5 nitrogen and oxygen atoms in total. The Balaban J connectivity index is 2.26. The van der Waals surface area contributed by atoms with Crippen molar-refractivity contribution in [1.82, 2.24) is 4.98 Å². The van der Waals surface area contributed by atoms with Crippen molar-refractivity contribution in [3.8, 4) is 0 Å². The molecule has 0 aliphatic rings. The number of carbonyl (C=O) groups is 2. The van der Waals surface area contributed by atoms with Crippen molar-refractivity contribution in [1.29, 1.82) is 0 Å². The number of aromatic nitrogens is 1. The minimum absolute atomic E-state index is 0.0955. The lowest BCUT2D eigenvalue weighted by molar-refractivity contribution is 0.0691. The van der Waals surface area contributed by atoms with Crippen LogP contribution in [-0.2, 0) is 6.42 Å². The summed E-state index contributed by atoms with van der Waals surface area (Å²) < 4.78 is 0. The molecule has 0 saturated carbocycles. The Labute approximate surface area is 116 Å². The topological polar surface area (TPSA) is 79.3 Å². The fourth-order valence-electron chi connectivity index (χ4n) is 1.82. The number of amides is 1. The predicted octanol–water partition coefficient (Wildman–Crippen LogP) is 2.59. The van der Waals surface area contributed by atoms with E-state index in [2.05, 4.69) is 10.3 Å². The van der Waals surface area contributed by atoms with Crippen molar-refractivity contribution in [2.75, 3.05) is 5.32 Å². The van der Waals surface area contributed by atoms with Gasteiger partial charge in [-0.3, -0.25) is 9.78 Å². The highest BCUT2D eigenvalue weighted by atomic mass is 16.4. The van der Waals surface area contributed by atoms with E-state index in [9.17, 15) is 9.59 Å². The lowest BCUT2D eigenvalue weighted by Gasteiger charge is -2.07. The second-order valence-corrected chi connectivity index (χ2v) is 4.21. The molecule has 0 aliphatic heterocycles. The molecule has 2 aromatic rings. The van der Waals surface area contributed by atoms with Crippen molar-refractivity contribution < 1.29 is 14.7 Å². The molecule has 0 fully saturated rings. The molecule has 0 radical (unpaired) electrons. The SMILES string of the molecule is CCc1cccc(NC(=O)c2ncccc2C(=O)O)c1. The van der Waals surface area contributed by atoms with Crippen LogP contribution in [0.3, 0.4) is 0 Å². The first-order valence-corrected chi connectivity index (χ1v) is 6.20. The van der Waals surface area contributed by atoms with Crippen LogP contribution in [-0.4, -0.2) is 22.0 Å². The number of carboxylic acid groups (broad SMARTS) is 1. The number of aryl methyl sites for hydroxylation is 1. The predicted molar refractivity (Wildman–Crippen MR) is 75.0 cm³/mol. The summed E-state index contributed by atoms with van der Waals surface area (Å²) in [5.74, 6) is -1.71. The standard InChI is InChI=1S/C15H14N2O3/c1-2-10-5-3-6-11(9-10)17-14(18)13-12(15(19)20)7-4-8-16-13/h3-9H,2H2,1H3,(H,17,18)(H,19,20). The van der Waals surface area contributed by atoms with Gasteiger partial charge >= 0.3 is 5.97 Å². The molecule has 2 rings (SSSR count). The Hall–Kier alpha value is -2.69. The third kappa shape index (κ3) is 3.00. The second-order valence-electron chi connectivity index (χ2n) is 4.21. The molecule has 1 aromatic heterocycles. The van der Waals surface area contributed by atoms with Gasteiger partial charge in [-0.15, -0.1) is 0 Å². The lowest BCUT2D eigenvalue weighted by Crippen LogP contribution is -2.18. The number of pyridine rings is 1. The molecular weight excluding hydrogens is 256 g/mol. The van der Waals surface area contributed by atoms with Crippen molar-refractivity contribution in [2.45, 2.75) is 13.3 Å². The summed E-state index contributed by atoms with van der Waals surface area (Å²) in [4.78, 5) is 27.0. The number of aromatic carboxylic acids is 1. The van der Waals surface area contributed by atoms with E-state index in [1.54, 1.807) is 6.07 Å². The molecule has 0 spiro atoms. The highest BCUT2D eigenvalue weighted by Gasteiger charge is 2.17. The summed E-state index contributed by atoms with van der Waals surface area (Å²) in [7, 11) is 0. The Morgan fingerprint density at radius 1 is 1.25 bits per heavy atom. The molecule has 5 heteroatoms. The molecule has 1 aromatic carbocycles. The molecule has 0 saturated heterocycles. The zero-order valence-electron chi connectivity index (χ0n) is 11.0. The van der Waals surface area contributed by atoms with Crippen LogP contribution in [0.4, 0.5) is 5.69 Å². The maximum absolute atomic E-state index is 12.1. The van der Waals surface area contributed by atoms with Crippen LogP contribution in [0.1, 0.15) is 33.3 Å². The van der Waals surface area contributed by atoms with Gasteiger partial charge in [-0.2, -0.15) is 0 Å². The van der Waals surface area contributed by atoms with E-state index < -0.39 is 11.9 Å². The molecule has 0 atom stereocenters. The van der Waals surface area contributed by atoms with E-state index in [1.807, 2.05) is 25.1 Å². The number of hydrogen-bond acceptors (Lipinski definition) is 3. The van der Waals surface area contributed by atoms with Gasteiger partial charge < -0.3 is 10.4 Å². The molecule has 20 heavy (non-hydrogen) atoms. The van der Waals surface area contributed by atoms with Crippen molar-refractivity contribution in [3.05, 3.63) is 59.4 Å². The van der Waals surface area contributed by atoms with E-state index in [1.165, 1.54) is 18.3 Å². The van der Waals surface area contributed by atoms with Gasteiger partial charge in [0.05, 0.1) is 5.56 Å². The molecule has 0 aliphatic carbocycles. The largest absolute Gasteiger partial charge is 0.478 e. The Kier molecular flexibility index (Phi) is 4.10. The number of nitrogens with one attached hydrogen (secondary N) is 1. The highest BCUT2D eigenvalue weighted by molar-refractivity contribution is 6.09. The van der Waals surface area contributed by atoms with E-state index in [4.69, 9.17) is 5.11 Å². The van der Waals surface area contributed by atoms with Gasteiger partial charge in [-0.05, 0) is 36.2 Å². The average molecular weight is 270 g/mol. The van der Waals surface area contributed by atoms with Crippen molar-refractivity contribution in [2.24, 2.45) is 0 Å². The summed E-state index contributed by atoms with van der Waals surface area (Å²) in [6.07, 6.45) is 2.25. The van der Waals surface area contributed by atoms with Gasteiger partial charge in [-0.25, -0.2) is 4.79 Å². The lowest BCUT2D eigenvalue weighted by atomic mass is 10.1. The van der Waals surface area contributed by atoms with Crippen LogP contribution < -0.4 is 5.32 Å². The zero-order valence-corrected chi connectivity index (χ0v) is 11.0. The normalized spacial score (nSPS) is 10.1. The number of carboxylic acids is 1. The van der Waals surface area contributed by atoms with Crippen LogP contribution in [0.15, 0.2) is 42.6 Å². The molecule has 0 bridgehead atoms. The molecular formula is C15H14N2O3. The van der Waals surface area contributed by atoms with Crippen molar-refractivity contribution in [3.63, 3.8) is 0 Å². The van der Waals surface area contributed by atoms with Gasteiger partial charge in [0.1, 0.15) is 5.69 Å². The second kappa shape index (κ2) is 5.97. The van der Waals surface area contributed by atoms with Crippen LogP contribution >= 0.6 is 0 Å². The van der Waals surface area contributed by atoms with Crippen LogP contribution in [0, 0.1) is 0 Å². The minimum Gasteiger partial charge on any atom is -0.478 e. The first-order chi connectivity index (χ1) is 9.61. The number of rotatable bonds is 4.